The first-order chi connectivity index (χ1) is 9.59. The van der Waals surface area contributed by atoms with E-state index in [4.69, 9.17) is 4.55 Å². The van der Waals surface area contributed by atoms with Gasteiger partial charge in [0, 0.05) is 12.6 Å². The van der Waals surface area contributed by atoms with Gasteiger partial charge in [-0.1, -0.05) is 0 Å². The van der Waals surface area contributed by atoms with Gasteiger partial charge >= 0.3 is 0 Å². The van der Waals surface area contributed by atoms with E-state index in [1.54, 1.807) is 0 Å². The number of hydrogen-bond acceptors (Lipinski definition) is 5. The standard InChI is InChI=1S/C12H14N2O6S/c1-7(15)5-12(17)14-10-4-3-9(13-8(2)16)6-11(10)21(18,19)20/h3-4,6H,5H2,1-2H3,(H,13,16)(H,14,17)(H,18,19,20). The molecule has 0 saturated carbocycles. The molecule has 1 rings (SSSR count). The molecular weight excluding hydrogens is 300 g/mol. The molecule has 0 aliphatic rings. The van der Waals surface area contributed by atoms with Crippen molar-refractivity contribution in [3.8, 4) is 0 Å². The van der Waals surface area contributed by atoms with Crippen LogP contribution in [-0.4, -0.2) is 30.6 Å². The third-order valence-electron chi connectivity index (χ3n) is 2.26. The minimum Gasteiger partial charge on any atom is -0.326 e. The molecule has 114 valence electrons. The highest BCUT2D eigenvalue weighted by Crippen LogP contribution is 2.25. The molecule has 9 heteroatoms. The van der Waals surface area contributed by atoms with Crippen LogP contribution >= 0.6 is 0 Å². The Balaban J connectivity index is 3.17. The molecular formula is C12H14N2O6S. The Morgan fingerprint density at radius 3 is 2.24 bits per heavy atom. The molecule has 0 aliphatic heterocycles. The smallest absolute Gasteiger partial charge is 0.296 e. The fourth-order valence-corrected chi connectivity index (χ4v) is 2.21. The van der Waals surface area contributed by atoms with Gasteiger partial charge in [0.2, 0.25) is 11.8 Å². The Bertz CT molecular complexity index is 696. The maximum Gasteiger partial charge on any atom is 0.296 e. The molecule has 3 N–H and O–H groups in total. The largest absolute Gasteiger partial charge is 0.326 e. The van der Waals surface area contributed by atoms with E-state index in [1.165, 1.54) is 26.0 Å². The van der Waals surface area contributed by atoms with Gasteiger partial charge in [0.1, 0.15) is 10.7 Å². The number of benzene rings is 1. The Hall–Kier alpha value is -2.26. The lowest BCUT2D eigenvalue weighted by Crippen LogP contribution is -2.17. The Kier molecular flexibility index (Phi) is 5.17. The maximum atomic E-state index is 11.5. The van der Waals surface area contributed by atoms with Gasteiger partial charge in [-0.2, -0.15) is 8.42 Å². The summed E-state index contributed by atoms with van der Waals surface area (Å²) >= 11 is 0. The fourth-order valence-electron chi connectivity index (χ4n) is 1.54. The van der Waals surface area contributed by atoms with Crippen molar-refractivity contribution in [2.45, 2.75) is 25.2 Å². The molecule has 8 nitrogen and oxygen atoms in total. The van der Waals surface area contributed by atoms with Crippen molar-refractivity contribution in [2.24, 2.45) is 0 Å². The van der Waals surface area contributed by atoms with Crippen LogP contribution in [0.25, 0.3) is 0 Å². The molecule has 2 amide bonds. The first kappa shape index (κ1) is 16.8. The third kappa shape index (κ3) is 5.32. The summed E-state index contributed by atoms with van der Waals surface area (Å²) in [7, 11) is -4.62. The van der Waals surface area contributed by atoms with Crippen molar-refractivity contribution in [3.63, 3.8) is 0 Å². The van der Waals surface area contributed by atoms with Crippen molar-refractivity contribution in [2.75, 3.05) is 10.6 Å². The molecule has 0 fully saturated rings. The molecule has 0 aromatic heterocycles. The lowest BCUT2D eigenvalue weighted by atomic mass is 10.2. The van der Waals surface area contributed by atoms with Crippen molar-refractivity contribution >= 4 is 39.1 Å². The first-order valence-corrected chi connectivity index (χ1v) is 7.22. The number of anilines is 2. The second kappa shape index (κ2) is 6.46. The lowest BCUT2D eigenvalue weighted by Gasteiger charge is -2.11. The van der Waals surface area contributed by atoms with E-state index in [9.17, 15) is 22.8 Å². The molecule has 0 heterocycles. The average molecular weight is 314 g/mol. The average Bonchev–Trinajstić information content (AvgIpc) is 2.27. The maximum absolute atomic E-state index is 11.5. The molecule has 0 bridgehead atoms. The number of nitrogens with one attached hydrogen (secondary N) is 2. The molecule has 0 saturated heterocycles. The van der Waals surface area contributed by atoms with Crippen LogP contribution in [0, 0.1) is 0 Å². The quantitative estimate of drug-likeness (QED) is 0.544. The van der Waals surface area contributed by atoms with E-state index >= 15 is 0 Å². The van der Waals surface area contributed by atoms with Crippen LogP contribution in [-0.2, 0) is 24.5 Å². The Labute approximate surface area is 121 Å². The monoisotopic (exact) mass is 314 g/mol. The molecule has 0 radical (unpaired) electrons. The number of carbonyl (C=O) groups excluding carboxylic acids is 3. The van der Waals surface area contributed by atoms with Gasteiger partial charge in [0.05, 0.1) is 12.1 Å². The second-order valence-corrected chi connectivity index (χ2v) is 5.68. The van der Waals surface area contributed by atoms with E-state index in [2.05, 4.69) is 10.6 Å². The number of ketones is 1. The fraction of sp³-hybridized carbons (Fsp3) is 0.250. The van der Waals surface area contributed by atoms with Crippen LogP contribution in [0.5, 0.6) is 0 Å². The van der Waals surface area contributed by atoms with Crippen LogP contribution in [0.3, 0.4) is 0 Å². The summed E-state index contributed by atoms with van der Waals surface area (Å²) in [6.07, 6.45) is -0.418. The van der Waals surface area contributed by atoms with Crippen LogP contribution in [0.2, 0.25) is 0 Å². The summed E-state index contributed by atoms with van der Waals surface area (Å²) in [5.41, 5.74) is -0.0439. The third-order valence-corrected chi connectivity index (χ3v) is 3.16. The van der Waals surface area contributed by atoms with Crippen LogP contribution in [0.1, 0.15) is 20.3 Å². The summed E-state index contributed by atoms with van der Waals surface area (Å²) in [6, 6.07) is 3.55. The normalized spacial score (nSPS) is 10.8. The highest BCUT2D eigenvalue weighted by atomic mass is 32.2. The molecule has 0 atom stereocenters. The molecule has 21 heavy (non-hydrogen) atoms. The lowest BCUT2D eigenvalue weighted by molar-refractivity contribution is -0.124. The van der Waals surface area contributed by atoms with Gasteiger partial charge in [0.15, 0.2) is 0 Å². The number of Topliss-reactive ketones (excluding diaryl/α,β-unsaturated/α-hetero) is 1. The predicted octanol–water partition coefficient (Wildman–Crippen LogP) is 0.809. The molecule has 0 spiro atoms. The first-order valence-electron chi connectivity index (χ1n) is 5.78. The zero-order valence-electron chi connectivity index (χ0n) is 11.3. The second-order valence-electron chi connectivity index (χ2n) is 4.29. The van der Waals surface area contributed by atoms with Gasteiger partial charge < -0.3 is 10.6 Å². The number of carbonyl (C=O) groups is 3. The highest BCUT2D eigenvalue weighted by molar-refractivity contribution is 7.86. The van der Waals surface area contributed by atoms with Crippen molar-refractivity contribution in [1.29, 1.82) is 0 Å². The SMILES string of the molecule is CC(=O)CC(=O)Nc1ccc(NC(C)=O)cc1S(=O)(=O)O. The van der Waals surface area contributed by atoms with E-state index < -0.39 is 39.0 Å². The zero-order valence-corrected chi connectivity index (χ0v) is 12.2. The van der Waals surface area contributed by atoms with Gasteiger partial charge in [-0.15, -0.1) is 0 Å². The molecule has 1 aromatic carbocycles. The van der Waals surface area contributed by atoms with Crippen molar-refractivity contribution in [1.82, 2.24) is 0 Å². The van der Waals surface area contributed by atoms with Gasteiger partial charge in [-0.25, -0.2) is 0 Å². The minimum atomic E-state index is -4.62. The van der Waals surface area contributed by atoms with Crippen LogP contribution in [0.4, 0.5) is 11.4 Å². The van der Waals surface area contributed by atoms with Crippen LogP contribution < -0.4 is 10.6 Å². The summed E-state index contributed by atoms with van der Waals surface area (Å²) in [4.78, 5) is 32.7. The van der Waals surface area contributed by atoms with E-state index in [0.29, 0.717) is 0 Å². The summed E-state index contributed by atoms with van der Waals surface area (Å²) in [5, 5.41) is 4.57. The van der Waals surface area contributed by atoms with E-state index in [0.717, 1.165) is 6.07 Å². The number of hydrogen-bond donors (Lipinski definition) is 3. The van der Waals surface area contributed by atoms with E-state index in [-0.39, 0.29) is 11.4 Å². The van der Waals surface area contributed by atoms with Gasteiger partial charge in [-0.3, -0.25) is 18.9 Å². The van der Waals surface area contributed by atoms with Gasteiger partial charge in [-0.05, 0) is 25.1 Å². The number of amides is 2. The Morgan fingerprint density at radius 1 is 1.14 bits per heavy atom. The van der Waals surface area contributed by atoms with Crippen molar-refractivity contribution < 1.29 is 27.4 Å². The van der Waals surface area contributed by atoms with E-state index in [1.807, 2.05) is 0 Å². The Morgan fingerprint density at radius 2 is 1.76 bits per heavy atom. The summed E-state index contributed by atoms with van der Waals surface area (Å²) in [6.45, 7) is 2.44. The molecule has 0 unspecified atom stereocenters. The minimum absolute atomic E-state index is 0.139. The summed E-state index contributed by atoms with van der Waals surface area (Å²) < 4.78 is 31.8. The number of rotatable bonds is 5. The van der Waals surface area contributed by atoms with Gasteiger partial charge in [0.25, 0.3) is 10.1 Å². The predicted molar refractivity (Wildman–Crippen MR) is 74.5 cm³/mol. The molecule has 1 aromatic rings. The molecule has 0 aliphatic carbocycles. The zero-order chi connectivity index (χ0) is 16.2. The van der Waals surface area contributed by atoms with Crippen molar-refractivity contribution in [3.05, 3.63) is 18.2 Å². The highest BCUT2D eigenvalue weighted by Gasteiger charge is 2.18. The summed E-state index contributed by atoms with van der Waals surface area (Å²) in [5.74, 6) is -1.53. The van der Waals surface area contributed by atoms with Crippen LogP contribution in [0.15, 0.2) is 23.1 Å². The topological polar surface area (TPSA) is 130 Å².